The van der Waals surface area contributed by atoms with Crippen molar-refractivity contribution in [2.24, 2.45) is 0 Å². The number of hydrogen-bond donors (Lipinski definition) is 0. The minimum absolute atomic E-state index is 0.0811. The summed E-state index contributed by atoms with van der Waals surface area (Å²) in [4.78, 5) is 7.22. The molecule has 9 heteroatoms. The van der Waals surface area contributed by atoms with Crippen molar-refractivity contribution in [3.8, 4) is 0 Å². The van der Waals surface area contributed by atoms with Gasteiger partial charge in [-0.25, -0.2) is 22.2 Å². The summed E-state index contributed by atoms with van der Waals surface area (Å²) >= 11 is 1.47. The summed E-state index contributed by atoms with van der Waals surface area (Å²) in [5.41, 5.74) is 4.21. The first-order chi connectivity index (χ1) is 17.9. The van der Waals surface area contributed by atoms with E-state index >= 15 is 0 Å². The summed E-state index contributed by atoms with van der Waals surface area (Å²) < 4.78 is 56.8. The van der Waals surface area contributed by atoms with Crippen molar-refractivity contribution in [2.75, 3.05) is 31.1 Å². The smallest absolute Gasteiger partial charge is 0.243 e. The Hall–Kier alpha value is -2.36. The molecule has 5 nitrogen and oxygen atoms in total. The highest BCUT2D eigenvalue weighted by atomic mass is 32.2. The lowest BCUT2D eigenvalue weighted by Crippen LogP contribution is -2.49. The van der Waals surface area contributed by atoms with Crippen LogP contribution in [0.4, 0.5) is 13.9 Å². The molecule has 1 aliphatic heterocycles. The molecule has 2 heterocycles. The van der Waals surface area contributed by atoms with Gasteiger partial charge in [0.15, 0.2) is 5.13 Å². The Labute approximate surface area is 229 Å². The maximum Gasteiger partial charge on any atom is 0.243 e. The lowest BCUT2D eigenvalue weighted by Gasteiger charge is -2.35. The van der Waals surface area contributed by atoms with E-state index in [0.29, 0.717) is 49.0 Å². The van der Waals surface area contributed by atoms with Crippen LogP contribution in [0.15, 0.2) is 40.6 Å². The molecule has 1 aromatic heterocycles. The molecule has 1 aliphatic rings. The van der Waals surface area contributed by atoms with Gasteiger partial charge in [0.1, 0.15) is 11.6 Å². The minimum Gasteiger partial charge on any atom is -0.345 e. The van der Waals surface area contributed by atoms with Crippen LogP contribution in [-0.2, 0) is 16.4 Å². The molecule has 1 fully saturated rings. The van der Waals surface area contributed by atoms with E-state index in [-0.39, 0.29) is 11.8 Å². The van der Waals surface area contributed by atoms with Crippen molar-refractivity contribution in [1.29, 1.82) is 0 Å². The van der Waals surface area contributed by atoms with Crippen molar-refractivity contribution in [3.05, 3.63) is 75.3 Å². The predicted octanol–water partition coefficient (Wildman–Crippen LogP) is 6.89. The number of halogens is 2. The molecule has 0 N–H and O–H groups in total. The molecule has 0 spiro atoms. The van der Waals surface area contributed by atoms with Crippen LogP contribution in [-0.4, -0.2) is 43.9 Å². The highest BCUT2D eigenvalue weighted by Crippen LogP contribution is 2.37. The van der Waals surface area contributed by atoms with Crippen molar-refractivity contribution in [3.63, 3.8) is 0 Å². The maximum atomic E-state index is 14.1. The number of aromatic nitrogens is 1. The molecule has 0 radical (unpaired) electrons. The highest BCUT2D eigenvalue weighted by molar-refractivity contribution is 7.89. The molecule has 0 bridgehead atoms. The Morgan fingerprint density at radius 1 is 0.842 bits per heavy atom. The summed E-state index contributed by atoms with van der Waals surface area (Å²) in [6.07, 6.45) is 0.335. The van der Waals surface area contributed by atoms with Crippen LogP contribution >= 0.6 is 11.3 Å². The first-order valence-electron chi connectivity index (χ1n) is 13.2. The molecule has 4 rings (SSSR count). The molecule has 0 amide bonds. The Morgan fingerprint density at radius 3 is 1.89 bits per heavy atom. The van der Waals surface area contributed by atoms with Crippen molar-refractivity contribution >= 4 is 26.5 Å². The van der Waals surface area contributed by atoms with E-state index in [1.807, 2.05) is 5.38 Å². The molecule has 1 saturated heterocycles. The Morgan fingerprint density at radius 2 is 1.39 bits per heavy atom. The van der Waals surface area contributed by atoms with Gasteiger partial charge in [0.2, 0.25) is 10.0 Å². The average molecular weight is 562 g/mol. The van der Waals surface area contributed by atoms with E-state index in [0.717, 1.165) is 28.0 Å². The fraction of sp³-hybridized carbons (Fsp3) is 0.483. The molecule has 0 unspecified atom stereocenters. The number of sulfonamides is 1. The Kier molecular flexibility index (Phi) is 8.59. The second kappa shape index (κ2) is 11.4. The molecule has 0 atom stereocenters. The standard InChI is InChI=1S/C29H37F2N3O2S2/c1-18(2)22-14-26(19(3)4)28(27(15-22)20(5)6)38(35,36)34-9-7-33(8-10-34)29-32-25(17-37-29)13-21-11-23(30)16-24(31)12-21/h11-12,14-20H,7-10,13H2,1-6H3. The van der Waals surface area contributed by atoms with Crippen LogP contribution in [0, 0.1) is 11.6 Å². The zero-order chi connectivity index (χ0) is 27.8. The number of hydrogen-bond acceptors (Lipinski definition) is 5. The Balaban J connectivity index is 1.53. The van der Waals surface area contributed by atoms with E-state index in [1.54, 1.807) is 4.31 Å². The second-order valence-electron chi connectivity index (χ2n) is 11.0. The number of rotatable bonds is 8. The zero-order valence-electron chi connectivity index (χ0n) is 23.0. The predicted molar refractivity (Wildman–Crippen MR) is 151 cm³/mol. The number of thiazole rings is 1. The van der Waals surface area contributed by atoms with Crippen LogP contribution < -0.4 is 4.90 Å². The molecule has 0 aliphatic carbocycles. The van der Waals surface area contributed by atoms with Gasteiger partial charge >= 0.3 is 0 Å². The number of nitrogens with zero attached hydrogens (tertiary/aromatic N) is 3. The summed E-state index contributed by atoms with van der Waals surface area (Å²) in [6.45, 7) is 14.3. The Bertz CT molecular complexity index is 1340. The van der Waals surface area contributed by atoms with Crippen LogP contribution in [0.5, 0.6) is 0 Å². The largest absolute Gasteiger partial charge is 0.345 e. The third kappa shape index (κ3) is 6.10. The normalized spacial score (nSPS) is 15.3. The van der Waals surface area contributed by atoms with Gasteiger partial charge in [0.25, 0.3) is 0 Å². The molecule has 0 saturated carbocycles. The van der Waals surface area contributed by atoms with Gasteiger partial charge in [0, 0.05) is 44.0 Å². The minimum atomic E-state index is -3.69. The van der Waals surface area contributed by atoms with Gasteiger partial charge in [-0.3, -0.25) is 0 Å². The summed E-state index contributed by atoms with van der Waals surface area (Å²) in [5, 5.41) is 2.68. The summed E-state index contributed by atoms with van der Waals surface area (Å²) in [7, 11) is -3.69. The fourth-order valence-corrected chi connectivity index (χ4v) is 7.85. The van der Waals surface area contributed by atoms with Gasteiger partial charge in [-0.05, 0) is 52.1 Å². The van der Waals surface area contributed by atoms with Crippen LogP contribution in [0.2, 0.25) is 0 Å². The van der Waals surface area contributed by atoms with Crippen molar-refractivity contribution in [1.82, 2.24) is 9.29 Å². The van der Waals surface area contributed by atoms with Gasteiger partial charge in [-0.1, -0.05) is 53.7 Å². The monoisotopic (exact) mass is 561 g/mol. The first kappa shape index (κ1) is 28.6. The van der Waals surface area contributed by atoms with Gasteiger partial charge < -0.3 is 4.90 Å². The van der Waals surface area contributed by atoms with Crippen molar-refractivity contribution in [2.45, 2.75) is 70.6 Å². The lowest BCUT2D eigenvalue weighted by atomic mass is 9.89. The molecule has 38 heavy (non-hydrogen) atoms. The van der Waals surface area contributed by atoms with Crippen LogP contribution in [0.3, 0.4) is 0 Å². The summed E-state index contributed by atoms with van der Waals surface area (Å²) in [5.74, 6) is -0.732. The molecule has 3 aromatic rings. The first-order valence-corrected chi connectivity index (χ1v) is 15.5. The van der Waals surface area contributed by atoms with Crippen molar-refractivity contribution < 1.29 is 17.2 Å². The third-order valence-electron chi connectivity index (χ3n) is 7.03. The fourth-order valence-electron chi connectivity index (χ4n) is 4.88. The number of piperazine rings is 1. The summed E-state index contributed by atoms with van der Waals surface area (Å²) in [6, 6.07) is 7.64. The number of anilines is 1. The second-order valence-corrected chi connectivity index (χ2v) is 13.7. The lowest BCUT2D eigenvalue weighted by molar-refractivity contribution is 0.383. The SMILES string of the molecule is CC(C)c1cc(C(C)C)c(S(=O)(=O)N2CCN(c3nc(Cc4cc(F)cc(F)c4)cs3)CC2)c(C(C)C)c1. The maximum absolute atomic E-state index is 14.1. The van der Waals surface area contributed by atoms with E-state index in [9.17, 15) is 17.2 Å². The quantitative estimate of drug-likeness (QED) is 0.300. The highest BCUT2D eigenvalue weighted by Gasteiger charge is 2.34. The van der Waals surface area contributed by atoms with E-state index in [4.69, 9.17) is 0 Å². The molecule has 206 valence electrons. The van der Waals surface area contributed by atoms with E-state index in [1.165, 1.54) is 29.0 Å². The van der Waals surface area contributed by atoms with Gasteiger partial charge in [0.05, 0.1) is 10.6 Å². The van der Waals surface area contributed by atoms with Crippen LogP contribution in [0.25, 0.3) is 0 Å². The van der Waals surface area contributed by atoms with Gasteiger partial charge in [-0.15, -0.1) is 11.3 Å². The molecule has 2 aromatic carbocycles. The third-order valence-corrected chi connectivity index (χ3v) is 10.0. The number of benzene rings is 2. The van der Waals surface area contributed by atoms with E-state index < -0.39 is 21.7 Å². The average Bonchev–Trinajstić information content (AvgIpc) is 3.30. The topological polar surface area (TPSA) is 53.5 Å². The van der Waals surface area contributed by atoms with Crippen LogP contribution in [0.1, 0.15) is 87.2 Å². The van der Waals surface area contributed by atoms with E-state index in [2.05, 4.69) is 63.6 Å². The molecular formula is C29H37F2N3O2S2. The van der Waals surface area contributed by atoms with Gasteiger partial charge in [-0.2, -0.15) is 4.31 Å². The molecular weight excluding hydrogens is 524 g/mol. The zero-order valence-corrected chi connectivity index (χ0v) is 24.6.